The highest BCUT2D eigenvalue weighted by Gasteiger charge is 2.27. The highest BCUT2D eigenvalue weighted by atomic mass is 16.1. The van der Waals surface area contributed by atoms with Crippen LogP contribution in [0.5, 0.6) is 0 Å². The van der Waals surface area contributed by atoms with Gasteiger partial charge in [-0.15, -0.1) is 0 Å². The monoisotopic (exact) mass is 512 g/mol. The molecule has 1 saturated carbocycles. The Morgan fingerprint density at radius 2 is 1.66 bits per heavy atom. The van der Waals surface area contributed by atoms with Gasteiger partial charge in [0.2, 0.25) is 5.95 Å². The van der Waals surface area contributed by atoms with Crippen LogP contribution in [-0.4, -0.2) is 76.7 Å². The first-order chi connectivity index (χ1) is 18.6. The number of nitrogens with one attached hydrogen (secondary N) is 1. The summed E-state index contributed by atoms with van der Waals surface area (Å²) < 4.78 is 1.72. The van der Waals surface area contributed by atoms with Crippen LogP contribution in [0.15, 0.2) is 41.3 Å². The van der Waals surface area contributed by atoms with Gasteiger partial charge >= 0.3 is 0 Å². The third-order valence-electron chi connectivity index (χ3n) is 8.59. The van der Waals surface area contributed by atoms with Crippen LogP contribution >= 0.6 is 0 Å². The fraction of sp³-hybridized carbons (Fsp3) is 0.517. The molecule has 9 nitrogen and oxygen atoms in total. The van der Waals surface area contributed by atoms with Gasteiger partial charge in [0, 0.05) is 74.3 Å². The van der Waals surface area contributed by atoms with E-state index in [0.29, 0.717) is 23.0 Å². The lowest BCUT2D eigenvalue weighted by molar-refractivity contribution is 0.0982. The van der Waals surface area contributed by atoms with E-state index >= 15 is 0 Å². The molecule has 198 valence electrons. The number of nitriles is 1. The van der Waals surface area contributed by atoms with Crippen molar-refractivity contribution in [2.45, 2.75) is 50.6 Å². The number of aromatic nitrogens is 3. The molecule has 0 amide bonds. The Bertz CT molecular complexity index is 1370. The van der Waals surface area contributed by atoms with Crippen molar-refractivity contribution < 1.29 is 0 Å². The molecule has 1 aromatic carbocycles. The summed E-state index contributed by atoms with van der Waals surface area (Å²) in [5, 5.41) is 13.5. The van der Waals surface area contributed by atoms with Crippen molar-refractivity contribution in [1.82, 2.24) is 24.3 Å². The summed E-state index contributed by atoms with van der Waals surface area (Å²) in [6.07, 6.45) is 8.18. The average Bonchev–Trinajstić information content (AvgIpc) is 3.48. The molecule has 0 radical (unpaired) electrons. The molecule has 3 aromatic rings. The fourth-order valence-electron chi connectivity index (χ4n) is 6.32. The number of benzene rings is 1. The number of nitrogens with zero attached hydrogens (tertiary/aromatic N) is 7. The van der Waals surface area contributed by atoms with E-state index in [1.807, 2.05) is 6.07 Å². The molecule has 6 rings (SSSR count). The minimum atomic E-state index is -0.253. The summed E-state index contributed by atoms with van der Waals surface area (Å²) in [5.41, 5.74) is 2.64. The van der Waals surface area contributed by atoms with Gasteiger partial charge in [-0.3, -0.25) is 14.3 Å². The van der Waals surface area contributed by atoms with Gasteiger partial charge in [-0.25, -0.2) is 4.98 Å². The van der Waals surface area contributed by atoms with Crippen LogP contribution in [0.1, 0.15) is 50.1 Å². The molecule has 1 N–H and O–H groups in total. The predicted molar refractivity (Wildman–Crippen MR) is 150 cm³/mol. The van der Waals surface area contributed by atoms with Crippen molar-refractivity contribution in [2.24, 2.45) is 0 Å². The molecule has 3 fully saturated rings. The first-order valence-electron chi connectivity index (χ1n) is 14.0. The maximum Gasteiger partial charge on any atom is 0.270 e. The molecule has 9 heteroatoms. The highest BCUT2D eigenvalue weighted by Crippen LogP contribution is 2.31. The Morgan fingerprint density at radius 3 is 2.34 bits per heavy atom. The van der Waals surface area contributed by atoms with E-state index in [-0.39, 0.29) is 17.2 Å². The first kappa shape index (κ1) is 24.8. The normalized spacial score (nSPS) is 20.2. The second-order valence-corrected chi connectivity index (χ2v) is 11.0. The molecule has 4 heterocycles. The van der Waals surface area contributed by atoms with Crippen molar-refractivity contribution >= 4 is 28.4 Å². The summed E-state index contributed by atoms with van der Waals surface area (Å²) in [7, 11) is 2.21. The number of anilines is 3. The Hall–Kier alpha value is -3.48. The van der Waals surface area contributed by atoms with E-state index in [1.54, 1.807) is 16.8 Å². The summed E-state index contributed by atoms with van der Waals surface area (Å²) in [4.78, 5) is 29.8. The Morgan fingerprint density at radius 1 is 0.947 bits per heavy atom. The second kappa shape index (κ2) is 10.7. The predicted octanol–water partition coefficient (Wildman–Crippen LogP) is 3.74. The van der Waals surface area contributed by atoms with Gasteiger partial charge in [0.15, 0.2) is 0 Å². The van der Waals surface area contributed by atoms with Crippen LogP contribution in [0.25, 0.3) is 11.0 Å². The summed E-state index contributed by atoms with van der Waals surface area (Å²) in [6.45, 7) is 6.90. The third-order valence-corrected chi connectivity index (χ3v) is 8.59. The lowest BCUT2D eigenvalue weighted by Gasteiger charge is -2.42. The van der Waals surface area contributed by atoms with Crippen molar-refractivity contribution in [3.05, 3.63) is 52.4 Å². The number of likely N-dealkylation sites (N-methyl/N-ethyl adjacent to an activating group) is 1. The van der Waals surface area contributed by atoms with Gasteiger partial charge in [0.25, 0.3) is 5.56 Å². The molecule has 0 spiro atoms. The van der Waals surface area contributed by atoms with Crippen molar-refractivity contribution in [3.63, 3.8) is 0 Å². The highest BCUT2D eigenvalue weighted by molar-refractivity contribution is 5.77. The van der Waals surface area contributed by atoms with Crippen LogP contribution < -0.4 is 15.8 Å². The number of piperazine rings is 1. The summed E-state index contributed by atoms with van der Waals surface area (Å²) >= 11 is 0. The minimum Gasteiger partial charge on any atom is -0.371 e. The fourth-order valence-corrected chi connectivity index (χ4v) is 6.32. The van der Waals surface area contributed by atoms with E-state index in [1.165, 1.54) is 44.7 Å². The SMILES string of the molecule is CN1CCN(C2CCN(c3ccc(Nc4ncc5cc(C#N)c(=O)n(C6CCCC6)c5n4)cc3)CC2)CC1. The van der Waals surface area contributed by atoms with Crippen molar-refractivity contribution in [2.75, 3.05) is 56.5 Å². The molecular weight excluding hydrogens is 476 g/mol. The molecule has 2 aromatic heterocycles. The van der Waals surface area contributed by atoms with Gasteiger partial charge in [-0.2, -0.15) is 10.2 Å². The zero-order valence-electron chi connectivity index (χ0n) is 22.1. The van der Waals surface area contributed by atoms with Crippen LogP contribution in [0.2, 0.25) is 0 Å². The van der Waals surface area contributed by atoms with Crippen LogP contribution in [0, 0.1) is 11.3 Å². The number of hydrogen-bond acceptors (Lipinski definition) is 8. The lowest BCUT2D eigenvalue weighted by atomic mass is 10.0. The molecule has 0 unspecified atom stereocenters. The van der Waals surface area contributed by atoms with Crippen LogP contribution in [0.3, 0.4) is 0 Å². The van der Waals surface area contributed by atoms with Crippen LogP contribution in [-0.2, 0) is 0 Å². The van der Waals surface area contributed by atoms with Crippen molar-refractivity contribution in [1.29, 1.82) is 5.26 Å². The third kappa shape index (κ3) is 4.98. The van der Waals surface area contributed by atoms with Gasteiger partial charge in [0.05, 0.1) is 0 Å². The largest absolute Gasteiger partial charge is 0.371 e. The van der Waals surface area contributed by atoms with Gasteiger partial charge in [-0.05, 0) is 63.1 Å². The minimum absolute atomic E-state index is 0.0840. The van der Waals surface area contributed by atoms with Gasteiger partial charge < -0.3 is 15.1 Å². The number of hydrogen-bond donors (Lipinski definition) is 1. The summed E-state index contributed by atoms with van der Waals surface area (Å²) in [5.74, 6) is 0.453. The molecule has 0 atom stereocenters. The average molecular weight is 513 g/mol. The van der Waals surface area contributed by atoms with E-state index in [2.05, 4.69) is 56.3 Å². The Kier molecular flexibility index (Phi) is 7.00. The Labute approximate surface area is 223 Å². The maximum atomic E-state index is 13.0. The molecule has 1 aliphatic carbocycles. The standard InChI is InChI=1S/C29H36N8O/c1-34-14-16-36(17-15-34)25-10-12-35(13-11-25)24-8-6-23(7-9-24)32-29-31-20-22-18-21(19-30)28(38)37(27(22)33-29)26-4-2-3-5-26/h6-9,18,20,25-26H,2-5,10-17H2,1H3,(H,31,32,33). The Balaban J connectivity index is 1.15. The number of rotatable bonds is 5. The smallest absolute Gasteiger partial charge is 0.270 e. The quantitative estimate of drug-likeness (QED) is 0.553. The van der Waals surface area contributed by atoms with Crippen LogP contribution in [0.4, 0.5) is 17.3 Å². The molecule has 2 saturated heterocycles. The summed E-state index contributed by atoms with van der Waals surface area (Å²) in [6, 6.07) is 12.9. The second-order valence-electron chi connectivity index (χ2n) is 11.0. The topological polar surface area (TPSA) is 93.3 Å². The molecule has 2 aliphatic heterocycles. The van der Waals surface area contributed by atoms with E-state index in [0.717, 1.165) is 44.5 Å². The van der Waals surface area contributed by atoms with Crippen molar-refractivity contribution in [3.8, 4) is 6.07 Å². The van der Waals surface area contributed by atoms with Gasteiger partial charge in [-0.1, -0.05) is 12.8 Å². The zero-order chi connectivity index (χ0) is 26.1. The molecular formula is C29H36N8O. The molecule has 0 bridgehead atoms. The van der Waals surface area contributed by atoms with E-state index in [9.17, 15) is 10.1 Å². The van der Waals surface area contributed by atoms with Gasteiger partial charge in [0.1, 0.15) is 17.3 Å². The number of fused-ring (bicyclic) bond motifs is 1. The van der Waals surface area contributed by atoms with E-state index < -0.39 is 0 Å². The molecule has 38 heavy (non-hydrogen) atoms. The maximum absolute atomic E-state index is 13.0. The van der Waals surface area contributed by atoms with E-state index in [4.69, 9.17) is 4.98 Å². The lowest BCUT2D eigenvalue weighted by Crippen LogP contribution is -2.52. The molecule has 3 aliphatic rings. The first-order valence-corrected chi connectivity index (χ1v) is 14.0. The number of piperidine rings is 1. The zero-order valence-corrected chi connectivity index (χ0v) is 22.1. The number of pyridine rings is 1.